The van der Waals surface area contributed by atoms with Gasteiger partial charge < -0.3 is 44.5 Å². The van der Waals surface area contributed by atoms with Gasteiger partial charge in [-0.2, -0.15) is 0 Å². The molecule has 5 rings (SSSR count). The van der Waals surface area contributed by atoms with Crippen LogP contribution in [0.3, 0.4) is 0 Å². The van der Waals surface area contributed by atoms with Crippen molar-refractivity contribution in [2.75, 3.05) is 110 Å². The van der Waals surface area contributed by atoms with E-state index in [-0.39, 0.29) is 52.9 Å². The molecule has 16 heteroatoms. The highest BCUT2D eigenvalue weighted by atomic mass is 35.5. The molecule has 2 atom stereocenters. The van der Waals surface area contributed by atoms with Gasteiger partial charge in [0.25, 0.3) is 18.2 Å². The summed E-state index contributed by atoms with van der Waals surface area (Å²) in [5, 5.41) is 3.38. The lowest BCUT2D eigenvalue weighted by molar-refractivity contribution is -0.00267. The summed E-state index contributed by atoms with van der Waals surface area (Å²) in [7, 11) is 0. The lowest BCUT2D eigenvalue weighted by Gasteiger charge is -2.43. The number of hydrogen-bond donors (Lipinski definition) is 2. The molecule has 2 saturated heterocycles. The Morgan fingerprint density at radius 2 is 1.60 bits per heavy atom. The van der Waals surface area contributed by atoms with E-state index in [4.69, 9.17) is 46.0 Å². The standard InChI is InChI=1S/C42H57ClF2N6O7/c1-3-32-29-50(42(53)33-10-9-30(43)27-35(33)40(44)45)16-17-51(32)37-12-11-36(34-7-5-6-8-38(34)58-4-2)48-39(37)41(52)47-31-13-15-49(28-31)18-20-55-22-24-57-26-25-56-23-21-54-19-14-46/h5-12,27,31-32,40H,3-4,13-26,28-29,46H2,1-2H3,(H,47,52)/t31-,32-/m1/s1. The quantitative estimate of drug-likeness (QED) is 0.120. The predicted molar refractivity (Wildman–Crippen MR) is 219 cm³/mol. The van der Waals surface area contributed by atoms with Gasteiger partial charge in [0, 0.05) is 79.6 Å². The van der Waals surface area contributed by atoms with E-state index in [1.54, 1.807) is 4.90 Å². The van der Waals surface area contributed by atoms with Crippen LogP contribution in [0.2, 0.25) is 5.02 Å². The molecule has 0 aliphatic carbocycles. The molecule has 0 radical (unpaired) electrons. The molecule has 3 N–H and O–H groups in total. The maximum Gasteiger partial charge on any atom is 0.272 e. The number of ether oxygens (including phenoxy) is 5. The van der Waals surface area contributed by atoms with E-state index in [2.05, 4.69) is 15.1 Å². The molecular formula is C42H57ClF2N6O7. The van der Waals surface area contributed by atoms with Crippen LogP contribution in [0.25, 0.3) is 11.3 Å². The van der Waals surface area contributed by atoms with Crippen molar-refractivity contribution in [3.8, 4) is 17.0 Å². The molecule has 2 aliphatic heterocycles. The van der Waals surface area contributed by atoms with Crippen LogP contribution >= 0.6 is 11.6 Å². The first-order valence-electron chi connectivity index (χ1n) is 20.1. The second kappa shape index (κ2) is 23.6. The van der Waals surface area contributed by atoms with Gasteiger partial charge in [0.15, 0.2) is 5.69 Å². The van der Waals surface area contributed by atoms with Crippen LogP contribution in [0.15, 0.2) is 54.6 Å². The second-order valence-electron chi connectivity index (χ2n) is 14.0. The first-order chi connectivity index (χ1) is 28.2. The number of nitrogens with two attached hydrogens (primary N) is 1. The lowest BCUT2D eigenvalue weighted by atomic mass is 10.0. The number of aromatic nitrogens is 1. The molecule has 2 aliphatic rings. The minimum absolute atomic E-state index is 0.0636. The summed E-state index contributed by atoms with van der Waals surface area (Å²) in [4.78, 5) is 38.8. The largest absolute Gasteiger partial charge is 0.493 e. The minimum atomic E-state index is -2.85. The van der Waals surface area contributed by atoms with Crippen molar-refractivity contribution < 1.29 is 42.1 Å². The molecule has 2 amide bonds. The fraction of sp³-hybridized carbons (Fsp3) is 0.548. The number of hydrogen-bond acceptors (Lipinski definition) is 11. The van der Waals surface area contributed by atoms with E-state index in [0.29, 0.717) is 103 Å². The van der Waals surface area contributed by atoms with E-state index in [1.807, 2.05) is 50.2 Å². The number of nitrogens with one attached hydrogen (secondary N) is 1. The van der Waals surface area contributed by atoms with E-state index in [0.717, 1.165) is 31.1 Å². The number of para-hydroxylation sites is 1. The van der Waals surface area contributed by atoms with Crippen LogP contribution in [-0.2, 0) is 18.9 Å². The summed E-state index contributed by atoms with van der Waals surface area (Å²) in [5.41, 5.74) is 7.21. The molecule has 0 saturated carbocycles. The van der Waals surface area contributed by atoms with Gasteiger partial charge in [0.1, 0.15) is 5.75 Å². The molecule has 0 spiro atoms. The number of pyridine rings is 1. The summed E-state index contributed by atoms with van der Waals surface area (Å²) < 4.78 is 55.8. The number of carbonyl (C=O) groups is 2. The minimum Gasteiger partial charge on any atom is -0.493 e. The van der Waals surface area contributed by atoms with Crippen molar-refractivity contribution in [1.82, 2.24) is 20.1 Å². The maximum absolute atomic E-state index is 14.3. The van der Waals surface area contributed by atoms with Crippen molar-refractivity contribution in [1.29, 1.82) is 0 Å². The molecule has 318 valence electrons. The zero-order valence-corrected chi connectivity index (χ0v) is 34.3. The summed E-state index contributed by atoms with van der Waals surface area (Å²) in [6, 6.07) is 15.0. The van der Waals surface area contributed by atoms with Gasteiger partial charge >= 0.3 is 0 Å². The van der Waals surface area contributed by atoms with Crippen molar-refractivity contribution in [2.24, 2.45) is 5.73 Å². The second-order valence-corrected chi connectivity index (χ2v) is 14.5. The van der Waals surface area contributed by atoms with Gasteiger partial charge in [-0.3, -0.25) is 14.5 Å². The van der Waals surface area contributed by atoms with E-state index >= 15 is 0 Å². The van der Waals surface area contributed by atoms with Crippen LogP contribution in [0.4, 0.5) is 14.5 Å². The average Bonchev–Trinajstić information content (AvgIpc) is 3.68. The Balaban J connectivity index is 1.21. The molecule has 1 aromatic heterocycles. The molecule has 3 aromatic rings. The van der Waals surface area contributed by atoms with Crippen LogP contribution < -0.4 is 20.7 Å². The fourth-order valence-corrected chi connectivity index (χ4v) is 7.37. The number of alkyl halides is 2. The van der Waals surface area contributed by atoms with E-state index in [9.17, 15) is 18.4 Å². The highest BCUT2D eigenvalue weighted by molar-refractivity contribution is 6.30. The lowest BCUT2D eigenvalue weighted by Crippen LogP contribution is -2.55. The van der Waals surface area contributed by atoms with Crippen molar-refractivity contribution in [3.63, 3.8) is 0 Å². The molecule has 0 bridgehead atoms. The molecule has 13 nitrogen and oxygen atoms in total. The Kier molecular flexibility index (Phi) is 18.4. The SMILES string of the molecule is CCOc1ccccc1-c1ccc(N2CCN(C(=O)c3ccc(Cl)cc3C(F)F)C[C@H]2CC)c(C(=O)N[C@@H]2CCN(CCOCCOCCOCCOCCN)C2)n1. The summed E-state index contributed by atoms with van der Waals surface area (Å²) in [6.07, 6.45) is -1.44. The molecule has 0 unspecified atom stereocenters. The number of carbonyl (C=O) groups excluding carboxylic acids is 2. The number of nitrogens with zero attached hydrogens (tertiary/aromatic N) is 4. The van der Waals surface area contributed by atoms with Gasteiger partial charge in [-0.1, -0.05) is 30.7 Å². The first-order valence-corrected chi connectivity index (χ1v) is 20.5. The van der Waals surface area contributed by atoms with Gasteiger partial charge in [0.05, 0.1) is 70.8 Å². The Bertz CT molecular complexity index is 1760. The topological polar surface area (TPSA) is 141 Å². The van der Waals surface area contributed by atoms with Crippen molar-refractivity contribution >= 4 is 29.1 Å². The Morgan fingerprint density at radius 3 is 2.29 bits per heavy atom. The van der Waals surface area contributed by atoms with Crippen LogP contribution in [0.5, 0.6) is 5.75 Å². The average molecular weight is 831 g/mol. The van der Waals surface area contributed by atoms with Crippen molar-refractivity contribution in [3.05, 3.63) is 76.4 Å². The Hall–Kier alpha value is -3.96. The zero-order chi connectivity index (χ0) is 41.3. The molecule has 2 fully saturated rings. The number of benzene rings is 2. The third-order valence-electron chi connectivity index (χ3n) is 10.1. The Labute approximate surface area is 345 Å². The summed E-state index contributed by atoms with van der Waals surface area (Å²) in [6.45, 7) is 12.0. The van der Waals surface area contributed by atoms with Crippen LogP contribution in [0, 0.1) is 0 Å². The predicted octanol–water partition coefficient (Wildman–Crippen LogP) is 5.31. The normalized spacial score (nSPS) is 17.3. The number of halogens is 3. The number of piperazine rings is 1. The third-order valence-corrected chi connectivity index (χ3v) is 10.4. The summed E-state index contributed by atoms with van der Waals surface area (Å²) >= 11 is 5.99. The van der Waals surface area contributed by atoms with Crippen LogP contribution in [0.1, 0.15) is 59.5 Å². The first kappa shape index (κ1) is 45.1. The zero-order valence-electron chi connectivity index (χ0n) is 33.5. The van der Waals surface area contributed by atoms with Gasteiger partial charge in [0.2, 0.25) is 0 Å². The van der Waals surface area contributed by atoms with Gasteiger partial charge in [-0.15, -0.1) is 0 Å². The molecular weight excluding hydrogens is 774 g/mol. The number of anilines is 1. The molecule has 3 heterocycles. The van der Waals surface area contributed by atoms with Crippen molar-refractivity contribution in [2.45, 2.75) is 45.2 Å². The number of amides is 2. The van der Waals surface area contributed by atoms with Gasteiger partial charge in [-0.05, 0) is 62.2 Å². The third kappa shape index (κ3) is 12.8. The highest BCUT2D eigenvalue weighted by Gasteiger charge is 2.34. The van der Waals surface area contributed by atoms with Crippen LogP contribution in [-0.4, -0.2) is 144 Å². The van der Waals surface area contributed by atoms with E-state index in [1.165, 1.54) is 12.1 Å². The fourth-order valence-electron chi connectivity index (χ4n) is 7.19. The molecule has 2 aromatic carbocycles. The number of rotatable bonds is 23. The molecule has 58 heavy (non-hydrogen) atoms. The summed E-state index contributed by atoms with van der Waals surface area (Å²) in [5.74, 6) is -0.111. The maximum atomic E-state index is 14.3. The highest BCUT2D eigenvalue weighted by Crippen LogP contribution is 2.34. The van der Waals surface area contributed by atoms with Gasteiger partial charge in [-0.25, -0.2) is 13.8 Å². The smallest absolute Gasteiger partial charge is 0.272 e. The Morgan fingerprint density at radius 1 is 0.897 bits per heavy atom. The number of likely N-dealkylation sites (tertiary alicyclic amines) is 1. The monoisotopic (exact) mass is 830 g/mol. The van der Waals surface area contributed by atoms with E-state index < -0.39 is 12.3 Å².